The molecule has 102 valence electrons. The fourth-order valence-corrected chi connectivity index (χ4v) is 2.31. The summed E-state index contributed by atoms with van der Waals surface area (Å²) in [5.74, 6) is -1.48. The second kappa shape index (κ2) is 5.26. The lowest BCUT2D eigenvalue weighted by molar-refractivity contribution is -0.143. The summed E-state index contributed by atoms with van der Waals surface area (Å²) in [6, 6.07) is 0.698. The van der Waals surface area contributed by atoms with E-state index in [4.69, 9.17) is 5.11 Å². The molecule has 6 heteroatoms. The van der Waals surface area contributed by atoms with Crippen LogP contribution in [0.25, 0.3) is 0 Å². The van der Waals surface area contributed by atoms with E-state index in [2.05, 4.69) is 4.98 Å². The van der Waals surface area contributed by atoms with Crippen molar-refractivity contribution in [3.8, 4) is 0 Å². The van der Waals surface area contributed by atoms with Crippen molar-refractivity contribution in [3.05, 3.63) is 23.5 Å². The number of carboxylic acids is 1. The highest BCUT2D eigenvalue weighted by Gasteiger charge is 2.33. The first-order chi connectivity index (χ1) is 9.00. The summed E-state index contributed by atoms with van der Waals surface area (Å²) < 4.78 is 0. The van der Waals surface area contributed by atoms with Gasteiger partial charge >= 0.3 is 5.97 Å². The number of hydrogen-bond donors (Lipinski definition) is 2. The Labute approximate surface area is 110 Å². The number of aromatic amines is 1. The Hall–Kier alpha value is -2.11. The number of nitrogens with zero attached hydrogens (tertiary/aromatic N) is 1. The number of carbonyl (C=O) groups excluding carboxylic acids is 2. The highest BCUT2D eigenvalue weighted by Crippen LogP contribution is 2.20. The molecule has 2 N–H and O–H groups in total. The molecule has 0 aromatic carbocycles. The van der Waals surface area contributed by atoms with Crippen LogP contribution in [0.15, 0.2) is 12.3 Å². The van der Waals surface area contributed by atoms with E-state index in [0.717, 1.165) is 12.8 Å². The van der Waals surface area contributed by atoms with Gasteiger partial charge in [-0.05, 0) is 32.3 Å². The molecule has 19 heavy (non-hydrogen) atoms. The molecule has 1 aliphatic heterocycles. The van der Waals surface area contributed by atoms with Crippen LogP contribution in [0, 0.1) is 0 Å². The largest absolute Gasteiger partial charge is 0.480 e. The van der Waals surface area contributed by atoms with Crippen molar-refractivity contribution >= 4 is 17.7 Å². The average Bonchev–Trinajstić information content (AvgIpc) is 2.87. The number of H-pyrrole nitrogens is 1. The zero-order valence-corrected chi connectivity index (χ0v) is 10.7. The topological polar surface area (TPSA) is 90.5 Å². The fraction of sp³-hybridized carbons (Fsp3) is 0.462. The van der Waals surface area contributed by atoms with Crippen molar-refractivity contribution in [2.45, 2.75) is 32.2 Å². The summed E-state index contributed by atoms with van der Waals surface area (Å²) in [7, 11) is 0. The van der Waals surface area contributed by atoms with E-state index in [0.29, 0.717) is 18.5 Å². The Kier molecular flexibility index (Phi) is 3.69. The third-order valence-electron chi connectivity index (χ3n) is 3.37. The molecule has 1 amide bonds. The monoisotopic (exact) mass is 264 g/mol. The number of rotatable bonds is 3. The quantitative estimate of drug-likeness (QED) is 0.805. The maximum atomic E-state index is 12.3. The number of likely N-dealkylation sites (tertiary alicyclic amines) is 1. The van der Waals surface area contributed by atoms with E-state index in [1.54, 1.807) is 0 Å². The first-order valence-corrected chi connectivity index (χ1v) is 6.24. The highest BCUT2D eigenvalue weighted by molar-refractivity contribution is 6.00. The van der Waals surface area contributed by atoms with Crippen molar-refractivity contribution in [1.29, 1.82) is 0 Å². The molecular formula is C13H16N2O4. The van der Waals surface area contributed by atoms with E-state index in [1.165, 1.54) is 24.1 Å². The highest BCUT2D eigenvalue weighted by atomic mass is 16.4. The molecule has 0 aliphatic carbocycles. The van der Waals surface area contributed by atoms with Gasteiger partial charge in [0.25, 0.3) is 5.91 Å². The molecule has 0 spiro atoms. The SMILES string of the molecule is CC(=O)c1c[nH]c(C(=O)N2CCCCC2C(=O)O)c1. The van der Waals surface area contributed by atoms with Crippen molar-refractivity contribution in [3.63, 3.8) is 0 Å². The number of ketones is 1. The number of nitrogens with one attached hydrogen (secondary N) is 1. The van der Waals surface area contributed by atoms with Crippen molar-refractivity contribution < 1.29 is 19.5 Å². The van der Waals surface area contributed by atoms with Crippen LogP contribution < -0.4 is 0 Å². The van der Waals surface area contributed by atoms with Crippen LogP contribution in [0.4, 0.5) is 0 Å². The van der Waals surface area contributed by atoms with Gasteiger partial charge in [-0.25, -0.2) is 4.79 Å². The van der Waals surface area contributed by atoms with Crippen LogP contribution in [0.3, 0.4) is 0 Å². The summed E-state index contributed by atoms with van der Waals surface area (Å²) in [5.41, 5.74) is 0.686. The average molecular weight is 264 g/mol. The molecule has 1 aliphatic rings. The summed E-state index contributed by atoms with van der Waals surface area (Å²) in [6.07, 6.45) is 3.55. The van der Waals surface area contributed by atoms with Gasteiger partial charge < -0.3 is 15.0 Å². The molecule has 2 heterocycles. The Balaban J connectivity index is 2.21. The molecule has 0 saturated carbocycles. The lowest BCUT2D eigenvalue weighted by atomic mass is 10.0. The molecule has 1 fully saturated rings. The molecular weight excluding hydrogens is 248 g/mol. The lowest BCUT2D eigenvalue weighted by Crippen LogP contribution is -2.48. The van der Waals surface area contributed by atoms with Gasteiger partial charge in [0.15, 0.2) is 5.78 Å². The van der Waals surface area contributed by atoms with Gasteiger partial charge in [0, 0.05) is 18.3 Å². The van der Waals surface area contributed by atoms with Crippen LogP contribution in [0.1, 0.15) is 47.0 Å². The number of amides is 1. The maximum absolute atomic E-state index is 12.3. The minimum atomic E-state index is -0.980. The molecule has 1 aromatic heterocycles. The summed E-state index contributed by atoms with van der Waals surface area (Å²) >= 11 is 0. The summed E-state index contributed by atoms with van der Waals surface area (Å²) in [6.45, 7) is 1.85. The van der Waals surface area contributed by atoms with Gasteiger partial charge in [0.1, 0.15) is 11.7 Å². The van der Waals surface area contributed by atoms with Crippen LogP contribution in [-0.4, -0.2) is 45.2 Å². The Morgan fingerprint density at radius 3 is 2.68 bits per heavy atom. The van der Waals surface area contributed by atoms with Gasteiger partial charge in [-0.15, -0.1) is 0 Å². The lowest BCUT2D eigenvalue weighted by Gasteiger charge is -2.32. The van der Waals surface area contributed by atoms with E-state index in [1.807, 2.05) is 0 Å². The van der Waals surface area contributed by atoms with Gasteiger partial charge in [0.2, 0.25) is 0 Å². The number of Topliss-reactive ketones (excluding diaryl/α,β-unsaturated/α-hetero) is 1. The van der Waals surface area contributed by atoms with Crippen molar-refractivity contribution in [1.82, 2.24) is 9.88 Å². The normalized spacial score (nSPS) is 19.2. The molecule has 1 aromatic rings. The van der Waals surface area contributed by atoms with Crippen LogP contribution in [0.5, 0.6) is 0 Å². The standard InChI is InChI=1S/C13H16N2O4/c1-8(16)9-6-10(14-7-9)12(17)15-5-3-2-4-11(15)13(18)19/h6-7,11,14H,2-5H2,1H3,(H,18,19). The first-order valence-electron chi connectivity index (χ1n) is 6.24. The molecule has 0 bridgehead atoms. The molecule has 1 unspecified atom stereocenters. The minimum Gasteiger partial charge on any atom is -0.480 e. The number of aliphatic carboxylic acids is 1. The van der Waals surface area contributed by atoms with Crippen LogP contribution >= 0.6 is 0 Å². The third kappa shape index (κ3) is 2.67. The Morgan fingerprint density at radius 1 is 1.37 bits per heavy atom. The first kappa shape index (κ1) is 13.3. The van der Waals surface area contributed by atoms with Gasteiger partial charge in [-0.1, -0.05) is 0 Å². The molecule has 1 saturated heterocycles. The zero-order valence-electron chi connectivity index (χ0n) is 10.7. The van der Waals surface area contributed by atoms with Gasteiger partial charge in [-0.2, -0.15) is 0 Å². The molecule has 2 rings (SSSR count). The Morgan fingerprint density at radius 2 is 2.11 bits per heavy atom. The molecule has 6 nitrogen and oxygen atoms in total. The van der Waals surface area contributed by atoms with E-state index >= 15 is 0 Å². The van der Waals surface area contributed by atoms with Crippen LogP contribution in [0.2, 0.25) is 0 Å². The number of aromatic nitrogens is 1. The second-order valence-corrected chi connectivity index (χ2v) is 4.71. The van der Waals surface area contributed by atoms with Crippen LogP contribution in [-0.2, 0) is 4.79 Å². The zero-order chi connectivity index (χ0) is 14.0. The number of carboxylic acid groups (broad SMARTS) is 1. The van der Waals surface area contributed by atoms with E-state index < -0.39 is 12.0 Å². The van der Waals surface area contributed by atoms with Gasteiger partial charge in [-0.3, -0.25) is 9.59 Å². The van der Waals surface area contributed by atoms with Crippen molar-refractivity contribution in [2.75, 3.05) is 6.54 Å². The predicted octanol–water partition coefficient (Wildman–Crippen LogP) is 1.30. The summed E-state index contributed by atoms with van der Waals surface area (Å²) in [4.78, 5) is 38.7. The maximum Gasteiger partial charge on any atom is 0.326 e. The molecule has 1 atom stereocenters. The number of hydrogen-bond acceptors (Lipinski definition) is 3. The van der Waals surface area contributed by atoms with Crippen molar-refractivity contribution in [2.24, 2.45) is 0 Å². The number of carbonyl (C=O) groups is 3. The fourth-order valence-electron chi connectivity index (χ4n) is 2.31. The second-order valence-electron chi connectivity index (χ2n) is 4.71. The number of piperidine rings is 1. The van der Waals surface area contributed by atoms with E-state index in [9.17, 15) is 14.4 Å². The Bertz CT molecular complexity index is 520. The smallest absolute Gasteiger partial charge is 0.326 e. The van der Waals surface area contributed by atoms with Gasteiger partial charge in [0.05, 0.1) is 0 Å². The minimum absolute atomic E-state index is 0.135. The predicted molar refractivity (Wildman–Crippen MR) is 67.1 cm³/mol. The van der Waals surface area contributed by atoms with E-state index in [-0.39, 0.29) is 17.4 Å². The molecule has 0 radical (unpaired) electrons. The summed E-state index contributed by atoms with van der Waals surface area (Å²) in [5, 5.41) is 9.14. The third-order valence-corrected chi connectivity index (χ3v) is 3.37.